The molecule has 1 aliphatic carbocycles. The number of hydrogen-bond donors (Lipinski definition) is 1. The van der Waals surface area contributed by atoms with Gasteiger partial charge in [-0.1, -0.05) is 55.1 Å². The van der Waals surface area contributed by atoms with Crippen molar-refractivity contribution in [3.63, 3.8) is 0 Å². The van der Waals surface area contributed by atoms with Gasteiger partial charge in [-0.25, -0.2) is 9.37 Å². The molecule has 33 heavy (non-hydrogen) atoms. The third kappa shape index (κ3) is 4.48. The third-order valence-electron chi connectivity index (χ3n) is 6.26. The lowest BCUT2D eigenvalue weighted by atomic mass is 9.95. The maximum Gasteiger partial charge on any atom is 0.229 e. The van der Waals surface area contributed by atoms with Crippen molar-refractivity contribution >= 4 is 40.1 Å². The van der Waals surface area contributed by atoms with Gasteiger partial charge in [0, 0.05) is 45.7 Å². The Morgan fingerprint density at radius 3 is 2.58 bits per heavy atom. The molecule has 0 atom stereocenters. The number of anilines is 2. The Kier molecular flexibility index (Phi) is 5.85. The summed E-state index contributed by atoms with van der Waals surface area (Å²) in [4.78, 5) is 21.0. The van der Waals surface area contributed by atoms with Gasteiger partial charge in [0.1, 0.15) is 11.5 Å². The molecule has 0 radical (unpaired) electrons. The molecule has 2 aromatic heterocycles. The van der Waals surface area contributed by atoms with Crippen LogP contribution in [0.15, 0.2) is 54.9 Å². The Morgan fingerprint density at radius 1 is 1.12 bits per heavy atom. The Bertz CT molecular complexity index is 1310. The summed E-state index contributed by atoms with van der Waals surface area (Å²) in [6.45, 7) is 1.57. The fraction of sp³-hybridized carbons (Fsp3) is 0.269. The number of benzene rings is 2. The number of Topliss-reactive ketones (excluding diaryl/α,β-unsaturated/α-hetero) is 1. The smallest absolute Gasteiger partial charge is 0.229 e. The molecule has 2 heterocycles. The normalized spacial score (nSPS) is 14.5. The van der Waals surface area contributed by atoms with Crippen LogP contribution in [0.5, 0.6) is 0 Å². The predicted molar refractivity (Wildman–Crippen MR) is 130 cm³/mol. The van der Waals surface area contributed by atoms with E-state index in [0.29, 0.717) is 28.3 Å². The first-order valence-electron chi connectivity index (χ1n) is 11.2. The third-order valence-corrected chi connectivity index (χ3v) is 6.48. The minimum atomic E-state index is -0.423. The molecule has 0 spiro atoms. The van der Waals surface area contributed by atoms with Crippen molar-refractivity contribution in [2.45, 2.75) is 45.1 Å². The number of hydrogen-bond acceptors (Lipinski definition) is 4. The van der Waals surface area contributed by atoms with Crippen LogP contribution in [0.2, 0.25) is 5.02 Å². The molecule has 1 saturated carbocycles. The summed E-state index contributed by atoms with van der Waals surface area (Å²) in [5, 5.41) is 4.33. The summed E-state index contributed by atoms with van der Waals surface area (Å²) in [5.74, 6) is 0.00782. The molecule has 0 unspecified atom stereocenters. The van der Waals surface area contributed by atoms with E-state index in [-0.39, 0.29) is 5.78 Å². The van der Waals surface area contributed by atoms with E-state index in [1.807, 2.05) is 24.3 Å². The first kappa shape index (κ1) is 21.6. The highest BCUT2D eigenvalue weighted by atomic mass is 35.5. The van der Waals surface area contributed by atoms with Gasteiger partial charge in [-0.2, -0.15) is 4.98 Å². The number of carbonyl (C=O) groups excluding carboxylic acids is 1. The van der Waals surface area contributed by atoms with Crippen molar-refractivity contribution in [3.05, 3.63) is 71.3 Å². The number of nitrogens with one attached hydrogen (secondary N) is 1. The molecule has 2 aromatic carbocycles. The van der Waals surface area contributed by atoms with E-state index in [1.165, 1.54) is 31.4 Å². The maximum absolute atomic E-state index is 13.8. The van der Waals surface area contributed by atoms with Crippen LogP contribution in [0.1, 0.15) is 55.4 Å². The molecule has 5 rings (SSSR count). The van der Waals surface area contributed by atoms with Gasteiger partial charge >= 0.3 is 0 Å². The zero-order valence-corrected chi connectivity index (χ0v) is 19.1. The van der Waals surface area contributed by atoms with Crippen molar-refractivity contribution in [2.75, 3.05) is 5.32 Å². The molecule has 0 amide bonds. The summed E-state index contributed by atoms with van der Waals surface area (Å²) < 4.78 is 16.0. The van der Waals surface area contributed by atoms with Gasteiger partial charge in [-0.15, -0.1) is 0 Å². The molecule has 0 bridgehead atoms. The van der Waals surface area contributed by atoms with E-state index in [4.69, 9.17) is 16.6 Å². The van der Waals surface area contributed by atoms with Crippen LogP contribution in [0.25, 0.3) is 22.2 Å². The van der Waals surface area contributed by atoms with Crippen molar-refractivity contribution in [2.24, 2.45) is 0 Å². The van der Waals surface area contributed by atoms with E-state index < -0.39 is 5.82 Å². The van der Waals surface area contributed by atoms with Crippen LogP contribution in [0.4, 0.5) is 16.0 Å². The van der Waals surface area contributed by atoms with Crippen LogP contribution in [0.3, 0.4) is 0 Å². The zero-order valence-electron chi connectivity index (χ0n) is 18.3. The van der Waals surface area contributed by atoms with Gasteiger partial charge in [0.05, 0.1) is 0 Å². The standard InChI is InChI=1S/C26H24ClFN4O/c1-16(33)17-7-9-18(10-8-17)24-15-32(22-5-3-2-4-6-22)25-23(24)14-29-26(31-25)30-21-12-19(27)11-20(28)13-21/h7-15,22H,2-6H2,1H3,(H,29,30,31). The van der Waals surface area contributed by atoms with Gasteiger partial charge in [0.15, 0.2) is 5.78 Å². The molecule has 1 aliphatic rings. The molecule has 4 aromatic rings. The number of aromatic nitrogens is 3. The molecule has 1 fully saturated rings. The first-order chi connectivity index (χ1) is 16.0. The number of carbonyl (C=O) groups is 1. The average Bonchev–Trinajstić information content (AvgIpc) is 3.18. The van der Waals surface area contributed by atoms with Crippen LogP contribution in [-0.2, 0) is 0 Å². The second kappa shape index (κ2) is 8.94. The quantitative estimate of drug-likeness (QED) is 0.315. The topological polar surface area (TPSA) is 59.8 Å². The van der Waals surface area contributed by atoms with Gasteiger partial charge < -0.3 is 9.88 Å². The van der Waals surface area contributed by atoms with Crippen molar-refractivity contribution in [1.82, 2.24) is 14.5 Å². The molecule has 1 N–H and O–H groups in total. The summed E-state index contributed by atoms with van der Waals surface area (Å²) in [6.07, 6.45) is 9.84. The Morgan fingerprint density at radius 2 is 1.88 bits per heavy atom. The highest BCUT2D eigenvalue weighted by Crippen LogP contribution is 2.37. The van der Waals surface area contributed by atoms with Gasteiger partial charge in [0.25, 0.3) is 0 Å². The predicted octanol–water partition coefficient (Wildman–Crippen LogP) is 7.34. The molecular weight excluding hydrogens is 439 g/mol. The summed E-state index contributed by atoms with van der Waals surface area (Å²) in [5.41, 5.74) is 4.07. The highest BCUT2D eigenvalue weighted by Gasteiger charge is 2.21. The average molecular weight is 463 g/mol. The van der Waals surface area contributed by atoms with Gasteiger partial charge in [0.2, 0.25) is 5.95 Å². The fourth-order valence-electron chi connectivity index (χ4n) is 4.60. The minimum absolute atomic E-state index is 0.0442. The van der Waals surface area contributed by atoms with E-state index >= 15 is 0 Å². The SMILES string of the molecule is CC(=O)c1ccc(-c2cn(C3CCCCC3)c3nc(Nc4cc(F)cc(Cl)c4)ncc23)cc1. The van der Waals surface area contributed by atoms with Crippen LogP contribution < -0.4 is 5.32 Å². The Balaban J connectivity index is 1.59. The maximum atomic E-state index is 13.8. The summed E-state index contributed by atoms with van der Waals surface area (Å²) >= 11 is 5.99. The largest absolute Gasteiger partial charge is 0.329 e. The van der Waals surface area contributed by atoms with Crippen LogP contribution in [0, 0.1) is 5.82 Å². The number of halogens is 2. The lowest BCUT2D eigenvalue weighted by Crippen LogP contribution is -2.12. The summed E-state index contributed by atoms with van der Waals surface area (Å²) in [7, 11) is 0. The van der Waals surface area contributed by atoms with Crippen LogP contribution >= 0.6 is 11.6 Å². The first-order valence-corrected chi connectivity index (χ1v) is 11.6. The number of fused-ring (bicyclic) bond motifs is 1. The van der Waals surface area contributed by atoms with Gasteiger partial charge in [-0.3, -0.25) is 4.79 Å². The minimum Gasteiger partial charge on any atom is -0.329 e. The molecule has 7 heteroatoms. The number of ketones is 1. The number of rotatable bonds is 5. The van der Waals surface area contributed by atoms with Crippen LogP contribution in [-0.4, -0.2) is 20.3 Å². The zero-order chi connectivity index (χ0) is 22.9. The highest BCUT2D eigenvalue weighted by molar-refractivity contribution is 6.30. The van der Waals surface area contributed by atoms with E-state index in [0.717, 1.165) is 35.0 Å². The second-order valence-electron chi connectivity index (χ2n) is 8.59. The monoisotopic (exact) mass is 462 g/mol. The number of nitrogens with zero attached hydrogens (tertiary/aromatic N) is 3. The Hall–Kier alpha value is -3.25. The van der Waals surface area contributed by atoms with E-state index in [9.17, 15) is 9.18 Å². The van der Waals surface area contributed by atoms with E-state index in [1.54, 1.807) is 19.2 Å². The lowest BCUT2D eigenvalue weighted by molar-refractivity contribution is 0.101. The van der Waals surface area contributed by atoms with Crippen molar-refractivity contribution < 1.29 is 9.18 Å². The second-order valence-corrected chi connectivity index (χ2v) is 9.03. The molecular formula is C26H24ClFN4O. The molecule has 0 aliphatic heterocycles. The van der Waals surface area contributed by atoms with Crippen molar-refractivity contribution in [1.29, 1.82) is 0 Å². The van der Waals surface area contributed by atoms with E-state index in [2.05, 4.69) is 21.1 Å². The molecule has 5 nitrogen and oxygen atoms in total. The van der Waals surface area contributed by atoms with Gasteiger partial charge in [-0.05, 0) is 43.5 Å². The Labute approximate surface area is 196 Å². The molecule has 0 saturated heterocycles. The lowest BCUT2D eigenvalue weighted by Gasteiger charge is -2.23. The summed E-state index contributed by atoms with van der Waals surface area (Å²) in [6, 6.07) is 12.3. The van der Waals surface area contributed by atoms with Crippen molar-refractivity contribution in [3.8, 4) is 11.1 Å². The molecule has 168 valence electrons. The fourth-order valence-corrected chi connectivity index (χ4v) is 4.82.